The molecule has 39 heavy (non-hydrogen) atoms. The zero-order valence-corrected chi connectivity index (χ0v) is 23.8. The van der Waals surface area contributed by atoms with E-state index in [1.54, 1.807) is 0 Å². The van der Waals surface area contributed by atoms with Gasteiger partial charge in [-0.3, -0.25) is 14.4 Å². The van der Waals surface area contributed by atoms with Gasteiger partial charge in [0.1, 0.15) is 6.10 Å². The first kappa shape index (κ1) is 31.8. The Labute approximate surface area is 231 Å². The number of ether oxygens (including phenoxy) is 5. The normalized spacial score (nSPS) is 13.3. The highest BCUT2D eigenvalue weighted by molar-refractivity contribution is 5.98. The van der Waals surface area contributed by atoms with Crippen molar-refractivity contribution in [1.29, 1.82) is 0 Å². The molecule has 1 heterocycles. The van der Waals surface area contributed by atoms with Gasteiger partial charge in [-0.05, 0) is 30.7 Å². The van der Waals surface area contributed by atoms with Crippen LogP contribution >= 0.6 is 0 Å². The van der Waals surface area contributed by atoms with E-state index in [-0.39, 0.29) is 42.1 Å². The number of carbonyl (C=O) groups is 3. The summed E-state index contributed by atoms with van der Waals surface area (Å²) < 4.78 is 27.5. The molecule has 0 radical (unpaired) electrons. The van der Waals surface area contributed by atoms with E-state index in [1.807, 2.05) is 25.1 Å². The van der Waals surface area contributed by atoms with Crippen molar-refractivity contribution in [2.75, 3.05) is 20.5 Å². The number of rotatable bonds is 17. The molecule has 0 saturated carbocycles. The average molecular weight is 544 g/mol. The van der Waals surface area contributed by atoms with Crippen molar-refractivity contribution >= 4 is 17.7 Å². The number of hydrogen-bond donors (Lipinski definition) is 0. The maximum atomic E-state index is 13.0. The van der Waals surface area contributed by atoms with Crippen molar-refractivity contribution in [1.82, 2.24) is 4.98 Å². The summed E-state index contributed by atoms with van der Waals surface area (Å²) in [4.78, 5) is 40.9. The fourth-order valence-electron chi connectivity index (χ4n) is 4.14. The lowest BCUT2D eigenvalue weighted by Gasteiger charge is -2.32. The van der Waals surface area contributed by atoms with E-state index in [0.29, 0.717) is 12.5 Å². The highest BCUT2D eigenvalue weighted by Gasteiger charge is 2.30. The molecule has 0 amide bonds. The standard InChI is InChI=1S/C30H41NO8/c1-7-24(17-23-11-9-8-10-12-23)29(36-18-20(2)3)21(4)39-27(34)14-13-25(33)28-30(38-19-37-22(5)32)26(35-6)15-16-31-28/h8-12,15-16,20-21,24,29H,7,13-14,17-19H2,1-6H3/t21-,24+,29-/m0/s1. The Morgan fingerprint density at radius 1 is 1.00 bits per heavy atom. The average Bonchev–Trinajstić information content (AvgIpc) is 2.91. The number of nitrogens with zero attached hydrogens (tertiary/aromatic N) is 1. The Morgan fingerprint density at radius 2 is 1.72 bits per heavy atom. The summed E-state index contributed by atoms with van der Waals surface area (Å²) in [6.45, 7) is 9.48. The lowest BCUT2D eigenvalue weighted by molar-refractivity contribution is -0.160. The van der Waals surface area contributed by atoms with Crippen LogP contribution in [0, 0.1) is 11.8 Å². The van der Waals surface area contributed by atoms with Gasteiger partial charge >= 0.3 is 11.9 Å². The molecule has 9 nitrogen and oxygen atoms in total. The molecule has 0 unspecified atom stereocenters. The molecular weight excluding hydrogens is 502 g/mol. The second-order valence-electron chi connectivity index (χ2n) is 9.76. The summed E-state index contributed by atoms with van der Waals surface area (Å²) in [7, 11) is 1.42. The fourth-order valence-corrected chi connectivity index (χ4v) is 4.14. The molecule has 9 heteroatoms. The van der Waals surface area contributed by atoms with Crippen LogP contribution in [0.3, 0.4) is 0 Å². The Kier molecular flexibility index (Phi) is 13.4. The van der Waals surface area contributed by atoms with Crippen LogP contribution in [-0.2, 0) is 30.2 Å². The molecule has 214 valence electrons. The third-order valence-corrected chi connectivity index (χ3v) is 6.11. The van der Waals surface area contributed by atoms with Crippen LogP contribution in [0.15, 0.2) is 42.6 Å². The van der Waals surface area contributed by atoms with Crippen LogP contribution in [-0.4, -0.2) is 55.4 Å². The molecule has 0 aliphatic rings. The zero-order chi connectivity index (χ0) is 28.8. The first-order valence-corrected chi connectivity index (χ1v) is 13.3. The number of ketones is 1. The highest BCUT2D eigenvalue weighted by atomic mass is 16.7. The summed E-state index contributed by atoms with van der Waals surface area (Å²) in [5, 5.41) is 0. The minimum absolute atomic E-state index is 0.0191. The molecule has 0 saturated heterocycles. The van der Waals surface area contributed by atoms with E-state index in [4.69, 9.17) is 23.7 Å². The maximum Gasteiger partial charge on any atom is 0.306 e. The van der Waals surface area contributed by atoms with E-state index in [0.717, 1.165) is 12.8 Å². The predicted octanol–water partition coefficient (Wildman–Crippen LogP) is 5.19. The van der Waals surface area contributed by atoms with Crippen molar-refractivity contribution in [2.45, 2.75) is 72.5 Å². The molecule has 0 fully saturated rings. The highest BCUT2D eigenvalue weighted by Crippen LogP contribution is 2.31. The summed E-state index contributed by atoms with van der Waals surface area (Å²) >= 11 is 0. The zero-order valence-electron chi connectivity index (χ0n) is 23.8. The molecule has 3 atom stereocenters. The monoisotopic (exact) mass is 543 g/mol. The molecule has 0 bridgehead atoms. The second kappa shape index (κ2) is 16.5. The number of methoxy groups -OCH3 is 1. The summed E-state index contributed by atoms with van der Waals surface area (Å²) in [5.41, 5.74) is 1.18. The van der Waals surface area contributed by atoms with Crippen molar-refractivity contribution in [3.8, 4) is 11.5 Å². The lowest BCUT2D eigenvalue weighted by atomic mass is 9.89. The molecular formula is C30H41NO8. The predicted molar refractivity (Wildman–Crippen MR) is 146 cm³/mol. The largest absolute Gasteiger partial charge is 0.493 e. The van der Waals surface area contributed by atoms with Gasteiger partial charge in [0, 0.05) is 32.2 Å². The minimum Gasteiger partial charge on any atom is -0.493 e. The van der Waals surface area contributed by atoms with Crippen molar-refractivity contribution in [3.63, 3.8) is 0 Å². The summed E-state index contributed by atoms with van der Waals surface area (Å²) in [6, 6.07) is 11.7. The van der Waals surface area contributed by atoms with Gasteiger partial charge < -0.3 is 23.7 Å². The van der Waals surface area contributed by atoms with Crippen molar-refractivity contribution < 1.29 is 38.1 Å². The van der Waals surface area contributed by atoms with E-state index in [9.17, 15) is 14.4 Å². The van der Waals surface area contributed by atoms with Gasteiger partial charge in [-0.2, -0.15) is 0 Å². The lowest BCUT2D eigenvalue weighted by Crippen LogP contribution is -2.39. The van der Waals surface area contributed by atoms with Gasteiger partial charge in [-0.1, -0.05) is 57.5 Å². The maximum absolute atomic E-state index is 13.0. The second-order valence-corrected chi connectivity index (χ2v) is 9.76. The van der Waals surface area contributed by atoms with Gasteiger partial charge in [-0.25, -0.2) is 4.98 Å². The van der Waals surface area contributed by atoms with E-state index in [1.165, 1.54) is 31.9 Å². The first-order chi connectivity index (χ1) is 18.7. The summed E-state index contributed by atoms with van der Waals surface area (Å²) in [6.07, 6.45) is 1.98. The first-order valence-electron chi connectivity index (χ1n) is 13.3. The van der Waals surface area contributed by atoms with Crippen LogP contribution in [0.25, 0.3) is 0 Å². The molecule has 0 N–H and O–H groups in total. The van der Waals surface area contributed by atoms with Gasteiger partial charge in [0.05, 0.1) is 19.6 Å². The Morgan fingerprint density at radius 3 is 2.33 bits per heavy atom. The van der Waals surface area contributed by atoms with Gasteiger partial charge in [0.25, 0.3) is 0 Å². The van der Waals surface area contributed by atoms with Gasteiger partial charge in [-0.15, -0.1) is 0 Å². The Hall–Kier alpha value is -3.46. The molecule has 0 spiro atoms. The van der Waals surface area contributed by atoms with E-state index < -0.39 is 30.6 Å². The Balaban J connectivity index is 2.05. The molecule has 1 aromatic heterocycles. The minimum atomic E-state index is -0.535. The Bertz CT molecular complexity index is 1060. The van der Waals surface area contributed by atoms with Crippen molar-refractivity contribution in [2.24, 2.45) is 11.8 Å². The van der Waals surface area contributed by atoms with Gasteiger partial charge in [0.15, 0.2) is 23.0 Å². The SMILES string of the molecule is CC[C@H](Cc1ccccc1)[C@@H](OCC(C)C)[C@H](C)OC(=O)CCC(=O)c1nccc(OC)c1OCOC(C)=O. The number of pyridine rings is 1. The van der Waals surface area contributed by atoms with Crippen LogP contribution in [0.5, 0.6) is 11.5 Å². The van der Waals surface area contributed by atoms with Crippen LogP contribution < -0.4 is 9.47 Å². The van der Waals surface area contributed by atoms with Crippen LogP contribution in [0.4, 0.5) is 0 Å². The topological polar surface area (TPSA) is 110 Å². The third kappa shape index (κ3) is 10.7. The number of hydrogen-bond acceptors (Lipinski definition) is 9. The van der Waals surface area contributed by atoms with Gasteiger partial charge in [0.2, 0.25) is 6.79 Å². The van der Waals surface area contributed by atoms with E-state index >= 15 is 0 Å². The number of esters is 2. The quantitative estimate of drug-likeness (QED) is 0.151. The molecule has 0 aliphatic heterocycles. The summed E-state index contributed by atoms with van der Waals surface area (Å²) in [5.74, 6) is -0.697. The number of Topliss-reactive ketones (excluding diaryl/α,β-unsaturated/α-hetero) is 1. The third-order valence-electron chi connectivity index (χ3n) is 6.11. The van der Waals surface area contributed by atoms with Crippen LogP contribution in [0.2, 0.25) is 0 Å². The molecule has 2 aromatic rings. The van der Waals surface area contributed by atoms with E-state index in [2.05, 4.69) is 37.9 Å². The van der Waals surface area contributed by atoms with Crippen molar-refractivity contribution in [3.05, 3.63) is 53.9 Å². The number of carbonyl (C=O) groups excluding carboxylic acids is 3. The molecule has 1 aromatic carbocycles. The number of benzene rings is 1. The van der Waals surface area contributed by atoms with Crippen LogP contribution in [0.1, 0.15) is 69.9 Å². The smallest absolute Gasteiger partial charge is 0.306 e. The number of aromatic nitrogens is 1. The fraction of sp³-hybridized carbons (Fsp3) is 0.533. The molecule has 2 rings (SSSR count). The molecule has 0 aliphatic carbocycles.